The molecule has 5 nitrogen and oxygen atoms in total. The quantitative estimate of drug-likeness (QED) is 0.661. The minimum atomic E-state index is -5.09. The van der Waals surface area contributed by atoms with Gasteiger partial charge in [0.25, 0.3) is 5.88 Å². The third-order valence-corrected chi connectivity index (χ3v) is 2.12. The lowest BCUT2D eigenvalue weighted by Crippen LogP contribution is -2.20. The Morgan fingerprint density at radius 2 is 2.10 bits per heavy atom. The summed E-state index contributed by atoms with van der Waals surface area (Å²) in [7, 11) is 0. The van der Waals surface area contributed by atoms with Crippen molar-refractivity contribution >= 4 is 5.97 Å². The standard InChI is InChI=1S/C11H12F4N2O3/c1-2-19-8(18)4-6-3-7(5-16)17-10(9(6)12)20-11(13,14)15/h3H,2,4-5,16H2,1H3. The fourth-order valence-corrected chi connectivity index (χ4v) is 1.39. The molecule has 0 atom stereocenters. The number of hydrogen-bond donors (Lipinski definition) is 1. The van der Waals surface area contributed by atoms with Gasteiger partial charge in [0.2, 0.25) is 0 Å². The first-order valence-corrected chi connectivity index (χ1v) is 5.56. The molecule has 0 aromatic carbocycles. The fraction of sp³-hybridized carbons (Fsp3) is 0.455. The molecule has 0 saturated heterocycles. The van der Waals surface area contributed by atoms with E-state index in [4.69, 9.17) is 5.73 Å². The van der Waals surface area contributed by atoms with Crippen molar-refractivity contribution in [1.82, 2.24) is 4.98 Å². The maximum Gasteiger partial charge on any atom is 0.574 e. The van der Waals surface area contributed by atoms with Crippen LogP contribution in [0.5, 0.6) is 5.88 Å². The molecule has 0 saturated carbocycles. The summed E-state index contributed by atoms with van der Waals surface area (Å²) in [5, 5.41) is 0. The second-order valence-electron chi connectivity index (χ2n) is 3.63. The number of aromatic nitrogens is 1. The lowest BCUT2D eigenvalue weighted by Gasteiger charge is -2.12. The number of carbonyl (C=O) groups excluding carboxylic acids is 1. The van der Waals surface area contributed by atoms with Crippen molar-refractivity contribution < 1.29 is 31.8 Å². The van der Waals surface area contributed by atoms with Crippen LogP contribution in [0.15, 0.2) is 6.07 Å². The first-order valence-electron chi connectivity index (χ1n) is 5.56. The van der Waals surface area contributed by atoms with E-state index in [0.717, 1.165) is 6.07 Å². The fourth-order valence-electron chi connectivity index (χ4n) is 1.39. The minimum Gasteiger partial charge on any atom is -0.466 e. The van der Waals surface area contributed by atoms with Crippen molar-refractivity contribution in [2.45, 2.75) is 26.3 Å². The third kappa shape index (κ3) is 4.65. The number of nitrogens with two attached hydrogens (primary N) is 1. The van der Waals surface area contributed by atoms with Gasteiger partial charge in [-0.15, -0.1) is 13.2 Å². The average Bonchev–Trinajstić information content (AvgIpc) is 2.32. The van der Waals surface area contributed by atoms with Crippen molar-refractivity contribution in [3.63, 3.8) is 0 Å². The molecule has 0 fully saturated rings. The Labute approximate surface area is 111 Å². The van der Waals surface area contributed by atoms with Gasteiger partial charge < -0.3 is 15.2 Å². The molecule has 1 heterocycles. The van der Waals surface area contributed by atoms with Crippen LogP contribution in [-0.4, -0.2) is 23.9 Å². The van der Waals surface area contributed by atoms with Crippen LogP contribution in [0.3, 0.4) is 0 Å². The molecule has 2 N–H and O–H groups in total. The average molecular weight is 296 g/mol. The second kappa shape index (κ2) is 6.51. The molecule has 0 amide bonds. The Hall–Kier alpha value is -1.90. The van der Waals surface area contributed by atoms with Gasteiger partial charge in [0.1, 0.15) is 0 Å². The molecule has 0 aliphatic heterocycles. The monoisotopic (exact) mass is 296 g/mol. The molecule has 0 radical (unpaired) electrons. The highest BCUT2D eigenvalue weighted by Crippen LogP contribution is 2.26. The molecule has 0 unspecified atom stereocenters. The highest BCUT2D eigenvalue weighted by Gasteiger charge is 2.34. The zero-order valence-electron chi connectivity index (χ0n) is 10.5. The van der Waals surface area contributed by atoms with Crippen LogP contribution in [0.2, 0.25) is 0 Å². The number of esters is 1. The molecule has 0 spiro atoms. The normalized spacial score (nSPS) is 11.3. The van der Waals surface area contributed by atoms with Crippen molar-refractivity contribution in [3.05, 3.63) is 23.1 Å². The highest BCUT2D eigenvalue weighted by atomic mass is 19.4. The Balaban J connectivity index is 3.10. The minimum absolute atomic E-state index is 0.0371. The van der Waals surface area contributed by atoms with Crippen molar-refractivity contribution in [1.29, 1.82) is 0 Å². The lowest BCUT2D eigenvalue weighted by atomic mass is 10.1. The van der Waals surface area contributed by atoms with Gasteiger partial charge in [-0.1, -0.05) is 0 Å². The van der Waals surface area contributed by atoms with E-state index in [2.05, 4.69) is 14.5 Å². The third-order valence-electron chi connectivity index (χ3n) is 2.12. The van der Waals surface area contributed by atoms with E-state index >= 15 is 0 Å². The van der Waals surface area contributed by atoms with Crippen LogP contribution in [0.4, 0.5) is 17.6 Å². The Bertz CT molecular complexity index is 491. The zero-order valence-corrected chi connectivity index (χ0v) is 10.5. The maximum absolute atomic E-state index is 13.8. The summed E-state index contributed by atoms with van der Waals surface area (Å²) in [5.41, 5.74) is 4.89. The topological polar surface area (TPSA) is 74.4 Å². The number of ether oxygens (including phenoxy) is 2. The van der Waals surface area contributed by atoms with Crippen molar-refractivity contribution in [3.8, 4) is 5.88 Å². The van der Waals surface area contributed by atoms with Crippen LogP contribution in [-0.2, 0) is 22.5 Å². The van der Waals surface area contributed by atoms with Gasteiger partial charge in [-0.2, -0.15) is 0 Å². The molecule has 9 heteroatoms. The maximum atomic E-state index is 13.8. The lowest BCUT2D eigenvalue weighted by molar-refractivity contribution is -0.277. The van der Waals surface area contributed by atoms with Crippen LogP contribution in [0, 0.1) is 5.82 Å². The van der Waals surface area contributed by atoms with Crippen LogP contribution < -0.4 is 10.5 Å². The summed E-state index contributed by atoms with van der Waals surface area (Å²) in [5.74, 6) is -3.41. The van der Waals surface area contributed by atoms with E-state index in [1.165, 1.54) is 0 Å². The summed E-state index contributed by atoms with van der Waals surface area (Å²) in [6.45, 7) is 1.38. The molecule has 112 valence electrons. The van der Waals surface area contributed by atoms with Crippen LogP contribution in [0.1, 0.15) is 18.2 Å². The van der Waals surface area contributed by atoms with E-state index in [1.807, 2.05) is 0 Å². The van der Waals surface area contributed by atoms with Gasteiger partial charge in [0.05, 0.1) is 18.7 Å². The molecule has 0 aliphatic rings. The summed E-state index contributed by atoms with van der Waals surface area (Å²) >= 11 is 0. The number of nitrogens with zero attached hydrogens (tertiary/aromatic N) is 1. The summed E-state index contributed by atoms with van der Waals surface area (Å²) < 4.78 is 58.2. The van der Waals surface area contributed by atoms with Gasteiger partial charge >= 0.3 is 12.3 Å². The Kier molecular flexibility index (Phi) is 5.26. The van der Waals surface area contributed by atoms with E-state index < -0.39 is 30.4 Å². The smallest absolute Gasteiger partial charge is 0.466 e. The number of hydrogen-bond acceptors (Lipinski definition) is 5. The second-order valence-corrected chi connectivity index (χ2v) is 3.63. The van der Waals surface area contributed by atoms with Gasteiger partial charge in [0.15, 0.2) is 5.82 Å². The summed E-state index contributed by atoms with van der Waals surface area (Å²) in [6, 6.07) is 1.09. The number of halogens is 4. The zero-order chi connectivity index (χ0) is 15.3. The molecule has 1 aromatic rings. The van der Waals surface area contributed by atoms with Crippen molar-refractivity contribution in [2.75, 3.05) is 6.61 Å². The highest BCUT2D eigenvalue weighted by molar-refractivity contribution is 5.72. The SMILES string of the molecule is CCOC(=O)Cc1cc(CN)nc(OC(F)(F)F)c1F. The van der Waals surface area contributed by atoms with E-state index in [0.29, 0.717) is 0 Å². The van der Waals surface area contributed by atoms with Gasteiger partial charge in [-0.05, 0) is 13.0 Å². The van der Waals surface area contributed by atoms with Gasteiger partial charge in [0, 0.05) is 12.1 Å². The summed E-state index contributed by atoms with van der Waals surface area (Å²) in [4.78, 5) is 14.6. The van der Waals surface area contributed by atoms with E-state index in [9.17, 15) is 22.4 Å². The van der Waals surface area contributed by atoms with E-state index in [-0.39, 0.29) is 24.4 Å². The first-order chi connectivity index (χ1) is 9.26. The largest absolute Gasteiger partial charge is 0.574 e. The van der Waals surface area contributed by atoms with Crippen LogP contribution in [0.25, 0.3) is 0 Å². The predicted molar refractivity (Wildman–Crippen MR) is 59.1 cm³/mol. The van der Waals surface area contributed by atoms with Crippen LogP contribution >= 0.6 is 0 Å². The molecule has 20 heavy (non-hydrogen) atoms. The molecular weight excluding hydrogens is 284 g/mol. The number of alkyl halides is 3. The number of pyridine rings is 1. The molecule has 0 bridgehead atoms. The predicted octanol–water partition coefficient (Wildman–Crippen LogP) is 1.68. The van der Waals surface area contributed by atoms with Gasteiger partial charge in [-0.3, -0.25) is 4.79 Å². The Morgan fingerprint density at radius 1 is 1.45 bits per heavy atom. The number of rotatable bonds is 5. The molecular formula is C11H12F4N2O3. The summed E-state index contributed by atoms with van der Waals surface area (Å²) in [6.07, 6.45) is -5.63. The molecule has 1 rings (SSSR count). The molecule has 1 aromatic heterocycles. The Morgan fingerprint density at radius 3 is 2.60 bits per heavy atom. The first kappa shape index (κ1) is 16.2. The van der Waals surface area contributed by atoms with Gasteiger partial charge in [-0.25, -0.2) is 9.37 Å². The molecule has 0 aliphatic carbocycles. The van der Waals surface area contributed by atoms with Crippen molar-refractivity contribution in [2.24, 2.45) is 5.73 Å². The number of carbonyl (C=O) groups is 1. The van der Waals surface area contributed by atoms with E-state index in [1.54, 1.807) is 6.92 Å².